The lowest BCUT2D eigenvalue weighted by Gasteiger charge is -2.11. The summed E-state index contributed by atoms with van der Waals surface area (Å²) < 4.78 is 39.4. The molecule has 0 spiro atoms. The van der Waals surface area contributed by atoms with Crippen LogP contribution in [0.25, 0.3) is 0 Å². The zero-order valence-electron chi connectivity index (χ0n) is 9.78. The van der Waals surface area contributed by atoms with Crippen molar-refractivity contribution in [1.29, 1.82) is 5.26 Å². The number of rotatable bonds is 3. The fourth-order valence-electron chi connectivity index (χ4n) is 1.14. The second-order valence-corrected chi connectivity index (χ2v) is 3.52. The van der Waals surface area contributed by atoms with Gasteiger partial charge in [-0.05, 0) is 31.2 Å². The average Bonchev–Trinajstić information content (AvgIpc) is 2.29. The number of hydrogen-bond acceptors (Lipinski definition) is 3. The van der Waals surface area contributed by atoms with Gasteiger partial charge in [-0.1, -0.05) is 0 Å². The zero-order valence-corrected chi connectivity index (χ0v) is 9.78. The summed E-state index contributed by atoms with van der Waals surface area (Å²) in [7, 11) is 0. The Morgan fingerprint density at radius 2 is 1.95 bits per heavy atom. The standard InChI is InChI=1S/C11H10F3N3O2/c1-7(6-15)16-10(18)17-8-2-4-9(5-3-8)19-11(12,13)14/h2-5,7H,1H3,(H2,16,17,18). The molecule has 0 radical (unpaired) electrons. The Balaban J connectivity index is 2.58. The third-order valence-corrected chi connectivity index (χ3v) is 1.89. The van der Waals surface area contributed by atoms with Gasteiger partial charge in [-0.25, -0.2) is 4.79 Å². The average molecular weight is 273 g/mol. The van der Waals surface area contributed by atoms with Crippen molar-refractivity contribution < 1.29 is 22.7 Å². The maximum atomic E-state index is 11.9. The van der Waals surface area contributed by atoms with Gasteiger partial charge in [-0.2, -0.15) is 5.26 Å². The summed E-state index contributed by atoms with van der Waals surface area (Å²) in [6, 6.07) is 5.13. The molecule has 0 aliphatic rings. The molecule has 1 atom stereocenters. The molecule has 0 heterocycles. The first-order valence-corrected chi connectivity index (χ1v) is 5.13. The number of ether oxygens (including phenoxy) is 1. The topological polar surface area (TPSA) is 74.2 Å². The molecule has 1 aromatic carbocycles. The lowest BCUT2D eigenvalue weighted by atomic mass is 10.3. The van der Waals surface area contributed by atoms with E-state index in [2.05, 4.69) is 15.4 Å². The SMILES string of the molecule is CC(C#N)NC(=O)Nc1ccc(OC(F)(F)F)cc1. The Labute approximate surface area is 107 Å². The Morgan fingerprint density at radius 1 is 1.37 bits per heavy atom. The van der Waals surface area contributed by atoms with E-state index in [4.69, 9.17) is 5.26 Å². The lowest BCUT2D eigenvalue weighted by Crippen LogP contribution is -2.35. The summed E-state index contributed by atoms with van der Waals surface area (Å²) in [5, 5.41) is 13.1. The molecule has 0 saturated carbocycles. The van der Waals surface area contributed by atoms with Crippen LogP contribution in [0.5, 0.6) is 5.75 Å². The molecule has 0 saturated heterocycles. The number of carbonyl (C=O) groups is 1. The van der Waals surface area contributed by atoms with Gasteiger partial charge in [0.1, 0.15) is 11.8 Å². The van der Waals surface area contributed by atoms with Crippen LogP contribution in [0.1, 0.15) is 6.92 Å². The molecule has 0 fully saturated rings. The van der Waals surface area contributed by atoms with Crippen LogP contribution in [0.15, 0.2) is 24.3 Å². The second kappa shape index (κ2) is 5.95. The van der Waals surface area contributed by atoms with Crippen LogP contribution in [-0.4, -0.2) is 18.4 Å². The number of nitriles is 1. The molecule has 0 aliphatic heterocycles. The maximum Gasteiger partial charge on any atom is 0.573 e. The third kappa shape index (κ3) is 5.63. The van der Waals surface area contributed by atoms with Crippen LogP contribution in [-0.2, 0) is 0 Å². The molecule has 0 aliphatic carbocycles. The maximum absolute atomic E-state index is 11.9. The van der Waals surface area contributed by atoms with Gasteiger partial charge in [0.15, 0.2) is 0 Å². The molecule has 0 aromatic heterocycles. The number of benzene rings is 1. The van der Waals surface area contributed by atoms with Crippen molar-refractivity contribution >= 4 is 11.7 Å². The predicted octanol–water partition coefficient (Wildman–Crippen LogP) is 2.62. The first-order chi connectivity index (χ1) is 8.80. The Hall–Kier alpha value is -2.43. The van der Waals surface area contributed by atoms with Crippen LogP contribution in [0, 0.1) is 11.3 Å². The number of amides is 2. The highest BCUT2D eigenvalue weighted by Crippen LogP contribution is 2.23. The summed E-state index contributed by atoms with van der Waals surface area (Å²) in [4.78, 5) is 11.3. The molecular weight excluding hydrogens is 263 g/mol. The van der Waals surface area contributed by atoms with E-state index in [1.165, 1.54) is 19.1 Å². The van der Waals surface area contributed by atoms with Crippen molar-refractivity contribution in [3.05, 3.63) is 24.3 Å². The molecular formula is C11H10F3N3O2. The molecule has 102 valence electrons. The number of nitrogens with one attached hydrogen (secondary N) is 2. The second-order valence-electron chi connectivity index (χ2n) is 3.52. The summed E-state index contributed by atoms with van der Waals surface area (Å²) in [6.45, 7) is 1.49. The highest BCUT2D eigenvalue weighted by atomic mass is 19.4. The Kier molecular flexibility index (Phi) is 4.58. The monoisotopic (exact) mass is 273 g/mol. The van der Waals surface area contributed by atoms with Crippen LogP contribution in [0.2, 0.25) is 0 Å². The normalized spacial score (nSPS) is 12.2. The van der Waals surface area contributed by atoms with Crippen LogP contribution >= 0.6 is 0 Å². The van der Waals surface area contributed by atoms with E-state index >= 15 is 0 Å². The lowest BCUT2D eigenvalue weighted by molar-refractivity contribution is -0.274. The van der Waals surface area contributed by atoms with E-state index in [1.54, 1.807) is 6.07 Å². The highest BCUT2D eigenvalue weighted by molar-refractivity contribution is 5.89. The fraction of sp³-hybridized carbons (Fsp3) is 0.273. The molecule has 0 bridgehead atoms. The van der Waals surface area contributed by atoms with Crippen molar-refractivity contribution in [3.8, 4) is 11.8 Å². The molecule has 5 nitrogen and oxygen atoms in total. The number of urea groups is 1. The van der Waals surface area contributed by atoms with Crippen molar-refractivity contribution in [3.63, 3.8) is 0 Å². The number of alkyl halides is 3. The predicted molar refractivity (Wildman–Crippen MR) is 60.4 cm³/mol. The summed E-state index contributed by atoms with van der Waals surface area (Å²) in [6.07, 6.45) is -4.76. The van der Waals surface area contributed by atoms with Gasteiger partial charge in [0.05, 0.1) is 6.07 Å². The fourth-order valence-corrected chi connectivity index (χ4v) is 1.14. The first-order valence-electron chi connectivity index (χ1n) is 5.13. The highest BCUT2D eigenvalue weighted by Gasteiger charge is 2.30. The minimum atomic E-state index is -4.76. The van der Waals surface area contributed by atoms with Gasteiger partial charge in [0.2, 0.25) is 0 Å². The molecule has 1 aromatic rings. The minimum absolute atomic E-state index is 0.275. The molecule has 19 heavy (non-hydrogen) atoms. The van der Waals surface area contributed by atoms with E-state index < -0.39 is 18.4 Å². The van der Waals surface area contributed by atoms with Crippen LogP contribution in [0.3, 0.4) is 0 Å². The van der Waals surface area contributed by atoms with E-state index in [-0.39, 0.29) is 11.4 Å². The van der Waals surface area contributed by atoms with E-state index in [0.717, 1.165) is 12.1 Å². The summed E-state index contributed by atoms with van der Waals surface area (Å²) in [5.41, 5.74) is 0.275. The van der Waals surface area contributed by atoms with Crippen LogP contribution < -0.4 is 15.4 Å². The van der Waals surface area contributed by atoms with E-state index in [1.807, 2.05) is 0 Å². The van der Waals surface area contributed by atoms with Gasteiger partial charge in [0, 0.05) is 5.69 Å². The number of nitrogens with zero attached hydrogens (tertiary/aromatic N) is 1. The van der Waals surface area contributed by atoms with Crippen molar-refractivity contribution in [2.45, 2.75) is 19.3 Å². The molecule has 2 N–H and O–H groups in total. The Morgan fingerprint density at radius 3 is 2.42 bits per heavy atom. The molecule has 8 heteroatoms. The van der Waals surface area contributed by atoms with E-state index in [0.29, 0.717) is 0 Å². The Bertz CT molecular complexity index is 479. The van der Waals surface area contributed by atoms with Gasteiger partial charge in [-0.3, -0.25) is 0 Å². The van der Waals surface area contributed by atoms with Gasteiger partial charge in [-0.15, -0.1) is 13.2 Å². The quantitative estimate of drug-likeness (QED) is 0.889. The van der Waals surface area contributed by atoms with Gasteiger partial charge >= 0.3 is 12.4 Å². The zero-order chi connectivity index (χ0) is 14.5. The van der Waals surface area contributed by atoms with Crippen molar-refractivity contribution in [1.82, 2.24) is 5.32 Å². The van der Waals surface area contributed by atoms with Gasteiger partial charge < -0.3 is 15.4 Å². The largest absolute Gasteiger partial charge is 0.573 e. The van der Waals surface area contributed by atoms with Crippen molar-refractivity contribution in [2.75, 3.05) is 5.32 Å². The van der Waals surface area contributed by atoms with Gasteiger partial charge in [0.25, 0.3) is 0 Å². The molecule has 2 amide bonds. The molecule has 1 rings (SSSR count). The number of carbonyl (C=O) groups excluding carboxylic acids is 1. The number of hydrogen-bond donors (Lipinski definition) is 2. The van der Waals surface area contributed by atoms with Crippen LogP contribution in [0.4, 0.5) is 23.7 Å². The smallest absolute Gasteiger partial charge is 0.406 e. The molecule has 1 unspecified atom stereocenters. The first kappa shape index (κ1) is 14.6. The minimum Gasteiger partial charge on any atom is -0.406 e. The van der Waals surface area contributed by atoms with Crippen molar-refractivity contribution in [2.24, 2.45) is 0 Å². The summed E-state index contributed by atoms with van der Waals surface area (Å²) >= 11 is 0. The third-order valence-electron chi connectivity index (χ3n) is 1.89. The number of halogens is 3. The van der Waals surface area contributed by atoms with E-state index in [9.17, 15) is 18.0 Å². The summed E-state index contributed by atoms with van der Waals surface area (Å²) in [5.74, 6) is -0.385. The number of anilines is 1.